The maximum absolute atomic E-state index is 12.9. The van der Waals surface area contributed by atoms with Crippen LogP contribution < -0.4 is 0 Å². The van der Waals surface area contributed by atoms with E-state index in [1.165, 1.54) is 12.1 Å². The van der Waals surface area contributed by atoms with Crippen LogP contribution in [0.2, 0.25) is 0 Å². The average Bonchev–Trinajstić information content (AvgIpc) is 2.02. The summed E-state index contributed by atoms with van der Waals surface area (Å²) in [5, 5.41) is 0. The average molecular weight is 194 g/mol. The molecule has 0 saturated carbocycles. The second-order valence-electron chi connectivity index (χ2n) is 4.25. The summed E-state index contributed by atoms with van der Waals surface area (Å²) in [4.78, 5) is 11.3. The van der Waals surface area contributed by atoms with Gasteiger partial charge in [0.1, 0.15) is 11.6 Å². The highest BCUT2D eigenvalue weighted by Crippen LogP contribution is 2.23. The van der Waals surface area contributed by atoms with Crippen LogP contribution in [-0.4, -0.2) is 5.78 Å². The standard InChI is InChI=1S/C12H15FO/c1-9(14)12(2,3)8-10-5-4-6-11(13)7-10/h4-7H,8H2,1-3H3. The molecule has 0 bridgehead atoms. The van der Waals surface area contributed by atoms with E-state index in [1.807, 2.05) is 19.9 Å². The zero-order chi connectivity index (χ0) is 10.8. The van der Waals surface area contributed by atoms with Gasteiger partial charge in [-0.15, -0.1) is 0 Å². The maximum Gasteiger partial charge on any atom is 0.135 e. The van der Waals surface area contributed by atoms with E-state index in [2.05, 4.69) is 0 Å². The number of benzene rings is 1. The molecule has 0 atom stereocenters. The van der Waals surface area contributed by atoms with Gasteiger partial charge in [-0.05, 0) is 31.0 Å². The molecule has 0 saturated heterocycles. The molecule has 0 aliphatic heterocycles. The molecule has 0 heterocycles. The van der Waals surface area contributed by atoms with E-state index < -0.39 is 5.41 Å². The molecule has 1 aromatic carbocycles. The van der Waals surface area contributed by atoms with Crippen molar-refractivity contribution in [3.8, 4) is 0 Å². The zero-order valence-corrected chi connectivity index (χ0v) is 8.80. The summed E-state index contributed by atoms with van der Waals surface area (Å²) in [6.07, 6.45) is 0.583. The van der Waals surface area contributed by atoms with Gasteiger partial charge in [-0.2, -0.15) is 0 Å². The molecule has 0 spiro atoms. The van der Waals surface area contributed by atoms with Crippen molar-refractivity contribution in [2.24, 2.45) is 5.41 Å². The van der Waals surface area contributed by atoms with Crippen LogP contribution in [0.5, 0.6) is 0 Å². The quantitative estimate of drug-likeness (QED) is 0.723. The Hall–Kier alpha value is -1.18. The van der Waals surface area contributed by atoms with Crippen molar-refractivity contribution in [3.05, 3.63) is 35.6 Å². The van der Waals surface area contributed by atoms with Gasteiger partial charge in [0.15, 0.2) is 0 Å². The molecular formula is C12H15FO. The lowest BCUT2D eigenvalue weighted by Crippen LogP contribution is -2.24. The Labute approximate surface area is 83.9 Å². The molecule has 0 aliphatic carbocycles. The Morgan fingerprint density at radius 1 is 1.43 bits per heavy atom. The third-order valence-electron chi connectivity index (χ3n) is 2.49. The van der Waals surface area contributed by atoms with Crippen molar-refractivity contribution in [2.75, 3.05) is 0 Å². The van der Waals surface area contributed by atoms with E-state index in [9.17, 15) is 9.18 Å². The van der Waals surface area contributed by atoms with E-state index in [4.69, 9.17) is 0 Å². The number of carbonyl (C=O) groups excluding carboxylic acids is 1. The second kappa shape index (κ2) is 3.91. The summed E-state index contributed by atoms with van der Waals surface area (Å²) in [6, 6.07) is 6.39. The number of carbonyl (C=O) groups is 1. The largest absolute Gasteiger partial charge is 0.299 e. The van der Waals surface area contributed by atoms with Gasteiger partial charge in [-0.3, -0.25) is 4.79 Å². The van der Waals surface area contributed by atoms with E-state index in [-0.39, 0.29) is 11.6 Å². The van der Waals surface area contributed by atoms with E-state index in [0.29, 0.717) is 6.42 Å². The Kier molecular flexibility index (Phi) is 3.04. The third kappa shape index (κ3) is 2.66. The van der Waals surface area contributed by atoms with Gasteiger partial charge in [0.05, 0.1) is 0 Å². The number of hydrogen-bond donors (Lipinski definition) is 0. The Bertz CT molecular complexity index is 342. The van der Waals surface area contributed by atoms with Gasteiger partial charge in [-0.25, -0.2) is 4.39 Å². The van der Waals surface area contributed by atoms with Crippen LogP contribution in [0.3, 0.4) is 0 Å². The SMILES string of the molecule is CC(=O)C(C)(C)Cc1cccc(F)c1. The van der Waals surface area contributed by atoms with Crippen LogP contribution in [0.25, 0.3) is 0 Å². The molecule has 0 N–H and O–H groups in total. The number of rotatable bonds is 3. The molecule has 0 unspecified atom stereocenters. The van der Waals surface area contributed by atoms with Crippen LogP contribution in [0.4, 0.5) is 4.39 Å². The fourth-order valence-electron chi connectivity index (χ4n) is 1.28. The van der Waals surface area contributed by atoms with Gasteiger partial charge in [0, 0.05) is 5.41 Å². The minimum absolute atomic E-state index is 0.127. The van der Waals surface area contributed by atoms with E-state index >= 15 is 0 Å². The zero-order valence-electron chi connectivity index (χ0n) is 8.80. The first-order valence-corrected chi connectivity index (χ1v) is 4.67. The molecular weight excluding hydrogens is 179 g/mol. The molecule has 1 nitrogen and oxygen atoms in total. The number of Topliss-reactive ketones (excluding diaryl/α,β-unsaturated/α-hetero) is 1. The first-order chi connectivity index (χ1) is 6.42. The summed E-state index contributed by atoms with van der Waals surface area (Å²) in [5.41, 5.74) is 0.457. The normalized spacial score (nSPS) is 11.4. The number of ketones is 1. The topological polar surface area (TPSA) is 17.1 Å². The minimum atomic E-state index is -0.409. The monoisotopic (exact) mass is 194 g/mol. The van der Waals surface area contributed by atoms with Gasteiger partial charge in [0.2, 0.25) is 0 Å². The Balaban J connectivity index is 2.83. The van der Waals surface area contributed by atoms with Crippen molar-refractivity contribution >= 4 is 5.78 Å². The molecule has 14 heavy (non-hydrogen) atoms. The third-order valence-corrected chi connectivity index (χ3v) is 2.49. The van der Waals surface area contributed by atoms with Gasteiger partial charge in [-0.1, -0.05) is 26.0 Å². The Morgan fingerprint density at radius 3 is 2.57 bits per heavy atom. The highest BCUT2D eigenvalue weighted by molar-refractivity contribution is 5.81. The maximum atomic E-state index is 12.9. The van der Waals surface area contributed by atoms with Crippen LogP contribution in [0.15, 0.2) is 24.3 Å². The van der Waals surface area contributed by atoms with Crippen molar-refractivity contribution in [3.63, 3.8) is 0 Å². The minimum Gasteiger partial charge on any atom is -0.299 e. The summed E-state index contributed by atoms with van der Waals surface area (Å²) in [6.45, 7) is 5.32. The highest BCUT2D eigenvalue weighted by Gasteiger charge is 2.23. The molecule has 76 valence electrons. The summed E-state index contributed by atoms with van der Waals surface area (Å²) >= 11 is 0. The van der Waals surface area contributed by atoms with Crippen LogP contribution in [0, 0.1) is 11.2 Å². The molecule has 0 fully saturated rings. The van der Waals surface area contributed by atoms with Crippen LogP contribution in [-0.2, 0) is 11.2 Å². The lowest BCUT2D eigenvalue weighted by molar-refractivity contribution is -0.124. The highest BCUT2D eigenvalue weighted by atomic mass is 19.1. The van der Waals surface area contributed by atoms with Crippen LogP contribution in [0.1, 0.15) is 26.3 Å². The van der Waals surface area contributed by atoms with E-state index in [0.717, 1.165) is 5.56 Å². The predicted molar refractivity (Wildman–Crippen MR) is 54.6 cm³/mol. The van der Waals surface area contributed by atoms with Crippen molar-refractivity contribution in [2.45, 2.75) is 27.2 Å². The molecule has 0 aliphatic rings. The Morgan fingerprint density at radius 2 is 2.07 bits per heavy atom. The summed E-state index contributed by atoms with van der Waals surface area (Å²) in [5.74, 6) is -0.122. The second-order valence-corrected chi connectivity index (χ2v) is 4.25. The fourth-order valence-corrected chi connectivity index (χ4v) is 1.28. The number of halogens is 1. The van der Waals surface area contributed by atoms with Gasteiger partial charge < -0.3 is 0 Å². The lowest BCUT2D eigenvalue weighted by atomic mass is 9.82. The molecule has 0 amide bonds. The first-order valence-electron chi connectivity index (χ1n) is 4.67. The molecule has 2 heteroatoms. The smallest absolute Gasteiger partial charge is 0.135 e. The molecule has 1 aromatic rings. The molecule has 1 rings (SSSR count). The number of hydrogen-bond acceptors (Lipinski definition) is 1. The van der Waals surface area contributed by atoms with Gasteiger partial charge in [0.25, 0.3) is 0 Å². The lowest BCUT2D eigenvalue weighted by Gasteiger charge is -2.20. The van der Waals surface area contributed by atoms with Crippen LogP contribution >= 0.6 is 0 Å². The van der Waals surface area contributed by atoms with Gasteiger partial charge >= 0.3 is 0 Å². The molecule has 0 aromatic heterocycles. The van der Waals surface area contributed by atoms with Crippen molar-refractivity contribution in [1.82, 2.24) is 0 Å². The van der Waals surface area contributed by atoms with E-state index in [1.54, 1.807) is 13.0 Å². The first kappa shape index (κ1) is 10.9. The summed E-state index contributed by atoms with van der Waals surface area (Å²) < 4.78 is 12.9. The predicted octanol–water partition coefficient (Wildman–Crippen LogP) is 2.98. The van der Waals surface area contributed by atoms with Crippen molar-refractivity contribution < 1.29 is 9.18 Å². The summed E-state index contributed by atoms with van der Waals surface area (Å²) in [7, 11) is 0. The van der Waals surface area contributed by atoms with Crippen molar-refractivity contribution in [1.29, 1.82) is 0 Å². The molecule has 0 radical (unpaired) electrons. The fraction of sp³-hybridized carbons (Fsp3) is 0.417.